The molecule has 0 aromatic carbocycles. The fourth-order valence-electron chi connectivity index (χ4n) is 3.52. The molecule has 160 valence electrons. The molecule has 0 aliphatic rings. The topological polar surface area (TPSA) is 72.2 Å². The Morgan fingerprint density at radius 1 is 1.12 bits per heavy atom. The summed E-state index contributed by atoms with van der Waals surface area (Å²) in [7, 11) is 0. The molecule has 5 rings (SSSR count). The summed E-state index contributed by atoms with van der Waals surface area (Å²) in [6.45, 7) is 3.87. The van der Waals surface area contributed by atoms with Crippen molar-refractivity contribution in [1.82, 2.24) is 19.4 Å². The quantitative estimate of drug-likeness (QED) is 0.287. The van der Waals surface area contributed by atoms with E-state index in [1.807, 2.05) is 66.2 Å². The number of aromatic nitrogens is 4. The van der Waals surface area contributed by atoms with Crippen molar-refractivity contribution >= 4 is 55.8 Å². The smallest absolute Gasteiger partial charge is 0.188 e. The number of hydrogen-bond donors (Lipinski definition) is 1. The molecule has 0 fully saturated rings. The number of nitrogens with one attached hydrogen (secondary N) is 1. The molecule has 0 saturated heterocycles. The molecule has 0 amide bonds. The van der Waals surface area contributed by atoms with Gasteiger partial charge in [0.2, 0.25) is 0 Å². The van der Waals surface area contributed by atoms with Crippen molar-refractivity contribution < 1.29 is 4.79 Å². The van der Waals surface area contributed by atoms with E-state index >= 15 is 0 Å². The third-order valence-corrected chi connectivity index (χ3v) is 7.20. The van der Waals surface area contributed by atoms with Gasteiger partial charge in [-0.3, -0.25) is 14.2 Å². The number of fused-ring (bicyclic) bond motifs is 1. The number of carbonyl (C=O) groups excluding carboxylic acids is 1. The number of aryl methyl sites for hydroxylation is 2. The summed E-state index contributed by atoms with van der Waals surface area (Å²) in [6.07, 6.45) is 4.02. The summed E-state index contributed by atoms with van der Waals surface area (Å²) < 4.78 is 1.96. The minimum absolute atomic E-state index is 0.0808. The first-order chi connectivity index (χ1) is 15.5. The lowest BCUT2D eigenvalue weighted by atomic mass is 10.1. The van der Waals surface area contributed by atoms with Crippen LogP contribution in [0.5, 0.6) is 0 Å². The molecule has 0 atom stereocenters. The first kappa shape index (κ1) is 20.8. The van der Waals surface area contributed by atoms with Crippen molar-refractivity contribution in [2.45, 2.75) is 20.3 Å². The monoisotopic (exact) mass is 479 g/mol. The van der Waals surface area contributed by atoms with Gasteiger partial charge in [-0.05, 0) is 49.7 Å². The molecule has 0 saturated carbocycles. The number of thiazole rings is 1. The van der Waals surface area contributed by atoms with Gasteiger partial charge in [-0.1, -0.05) is 17.7 Å². The summed E-state index contributed by atoms with van der Waals surface area (Å²) in [4.78, 5) is 27.0. The Hall–Kier alpha value is -3.07. The molecule has 5 aromatic heterocycles. The zero-order valence-electron chi connectivity index (χ0n) is 17.3. The van der Waals surface area contributed by atoms with E-state index in [-0.39, 0.29) is 5.78 Å². The molecule has 0 spiro atoms. The van der Waals surface area contributed by atoms with E-state index in [4.69, 9.17) is 16.6 Å². The Balaban J connectivity index is 1.35. The van der Waals surface area contributed by atoms with Crippen LogP contribution in [0.2, 0.25) is 5.02 Å². The van der Waals surface area contributed by atoms with E-state index in [1.54, 1.807) is 6.20 Å². The molecule has 1 N–H and O–H groups in total. The number of ketones is 1. The second kappa shape index (κ2) is 8.46. The SMILES string of the molecule is Cc1ncccc1CC(=O)c1ccc(Nc2nc(-c3c(C)nc4c(Cl)cccn34)cs2)s1. The van der Waals surface area contributed by atoms with Gasteiger partial charge in [-0.15, -0.1) is 22.7 Å². The lowest BCUT2D eigenvalue weighted by Gasteiger charge is -2.02. The van der Waals surface area contributed by atoms with Gasteiger partial charge in [-0.2, -0.15) is 0 Å². The van der Waals surface area contributed by atoms with Gasteiger partial charge in [0.25, 0.3) is 0 Å². The number of carbonyl (C=O) groups is 1. The lowest BCUT2D eigenvalue weighted by Crippen LogP contribution is -2.03. The Bertz CT molecular complexity index is 1450. The molecule has 5 aromatic rings. The number of Topliss-reactive ketones (excluding diaryl/α,β-unsaturated/α-hetero) is 1. The van der Waals surface area contributed by atoms with Gasteiger partial charge in [-0.25, -0.2) is 9.97 Å². The van der Waals surface area contributed by atoms with Crippen molar-refractivity contribution in [3.63, 3.8) is 0 Å². The molecule has 6 nitrogen and oxygen atoms in total. The zero-order chi connectivity index (χ0) is 22.2. The fourth-order valence-corrected chi connectivity index (χ4v) is 5.34. The first-order valence-electron chi connectivity index (χ1n) is 9.89. The van der Waals surface area contributed by atoms with Crippen LogP contribution in [0.15, 0.2) is 54.2 Å². The number of thiophene rings is 1. The van der Waals surface area contributed by atoms with E-state index in [1.165, 1.54) is 22.7 Å². The van der Waals surface area contributed by atoms with Gasteiger partial charge in [0.15, 0.2) is 16.6 Å². The van der Waals surface area contributed by atoms with Crippen LogP contribution in [0.1, 0.15) is 26.6 Å². The number of pyridine rings is 2. The van der Waals surface area contributed by atoms with E-state index in [0.717, 1.165) is 44.1 Å². The van der Waals surface area contributed by atoms with Crippen LogP contribution in [0.4, 0.5) is 10.1 Å². The third-order valence-electron chi connectivity index (χ3n) is 5.10. The summed E-state index contributed by atoms with van der Waals surface area (Å²) in [5, 5.41) is 7.54. The van der Waals surface area contributed by atoms with Crippen molar-refractivity contribution in [1.29, 1.82) is 0 Å². The predicted molar refractivity (Wildman–Crippen MR) is 131 cm³/mol. The minimum atomic E-state index is 0.0808. The van der Waals surface area contributed by atoms with Crippen molar-refractivity contribution in [2.75, 3.05) is 5.32 Å². The van der Waals surface area contributed by atoms with Crippen LogP contribution in [0.3, 0.4) is 0 Å². The molecule has 0 radical (unpaired) electrons. The average molecular weight is 480 g/mol. The van der Waals surface area contributed by atoms with Gasteiger partial charge in [0.05, 0.1) is 26.3 Å². The second-order valence-electron chi connectivity index (χ2n) is 7.27. The Labute approximate surface area is 197 Å². The van der Waals surface area contributed by atoms with Gasteiger partial charge in [0, 0.05) is 29.9 Å². The maximum absolute atomic E-state index is 12.7. The third kappa shape index (κ3) is 3.92. The van der Waals surface area contributed by atoms with E-state index in [2.05, 4.69) is 15.3 Å². The van der Waals surface area contributed by atoms with Gasteiger partial charge >= 0.3 is 0 Å². The van der Waals surface area contributed by atoms with Crippen molar-refractivity contribution in [3.8, 4) is 11.4 Å². The Morgan fingerprint density at radius 2 is 2.00 bits per heavy atom. The van der Waals surface area contributed by atoms with Crippen molar-refractivity contribution in [3.05, 3.63) is 81.0 Å². The molecule has 0 aliphatic carbocycles. The fraction of sp³-hybridized carbons (Fsp3) is 0.130. The Morgan fingerprint density at radius 3 is 2.84 bits per heavy atom. The molecular formula is C23H18ClN5OS2. The highest BCUT2D eigenvalue weighted by molar-refractivity contribution is 7.19. The van der Waals surface area contributed by atoms with Crippen molar-refractivity contribution in [2.24, 2.45) is 0 Å². The van der Waals surface area contributed by atoms with E-state index < -0.39 is 0 Å². The maximum Gasteiger partial charge on any atom is 0.188 e. The maximum atomic E-state index is 12.7. The van der Waals surface area contributed by atoms with Crippen LogP contribution in [0, 0.1) is 13.8 Å². The predicted octanol–water partition coefficient (Wildman–Crippen LogP) is 6.35. The van der Waals surface area contributed by atoms with E-state index in [9.17, 15) is 4.79 Å². The average Bonchev–Trinajstić information content (AvgIpc) is 3.49. The molecule has 0 aliphatic heterocycles. The molecule has 9 heteroatoms. The van der Waals surface area contributed by atoms with Crippen LogP contribution < -0.4 is 5.32 Å². The van der Waals surface area contributed by atoms with Crippen LogP contribution in [0.25, 0.3) is 17.0 Å². The number of imidazole rings is 1. The molecule has 0 bridgehead atoms. The number of halogens is 1. The highest BCUT2D eigenvalue weighted by Gasteiger charge is 2.17. The highest BCUT2D eigenvalue weighted by Crippen LogP contribution is 2.33. The highest BCUT2D eigenvalue weighted by atomic mass is 35.5. The summed E-state index contributed by atoms with van der Waals surface area (Å²) in [6, 6.07) is 11.3. The molecular weight excluding hydrogens is 462 g/mol. The molecule has 5 heterocycles. The van der Waals surface area contributed by atoms with Crippen LogP contribution >= 0.6 is 34.3 Å². The zero-order valence-corrected chi connectivity index (χ0v) is 19.7. The number of anilines is 2. The largest absolute Gasteiger partial charge is 0.323 e. The van der Waals surface area contributed by atoms with Gasteiger partial charge in [0.1, 0.15) is 5.69 Å². The van der Waals surface area contributed by atoms with E-state index in [0.29, 0.717) is 16.3 Å². The second-order valence-corrected chi connectivity index (χ2v) is 9.62. The minimum Gasteiger partial charge on any atom is -0.323 e. The molecule has 0 unspecified atom stereocenters. The first-order valence-corrected chi connectivity index (χ1v) is 12.0. The normalized spacial score (nSPS) is 11.2. The number of hydrogen-bond acceptors (Lipinski definition) is 7. The summed E-state index contributed by atoms with van der Waals surface area (Å²) in [5.41, 5.74) is 5.16. The number of nitrogens with zero attached hydrogens (tertiary/aromatic N) is 4. The summed E-state index contributed by atoms with van der Waals surface area (Å²) >= 11 is 9.22. The Kier molecular flexibility index (Phi) is 5.50. The summed E-state index contributed by atoms with van der Waals surface area (Å²) in [5.74, 6) is 0.0808. The van der Waals surface area contributed by atoms with Crippen LogP contribution in [-0.4, -0.2) is 25.1 Å². The number of rotatable bonds is 6. The van der Waals surface area contributed by atoms with Gasteiger partial charge < -0.3 is 5.32 Å². The standard InChI is InChI=1S/C23H18ClN5OS2/c1-13-15(5-3-9-25-13)11-18(30)19-7-8-20(32-19)28-23-27-17(12-31-23)21-14(2)26-22-16(24)6-4-10-29(21)22/h3-10,12H,11H2,1-2H3,(H,27,28). The lowest BCUT2D eigenvalue weighted by molar-refractivity contribution is 0.0996. The van der Waals surface area contributed by atoms with Crippen LogP contribution in [-0.2, 0) is 6.42 Å². The molecule has 32 heavy (non-hydrogen) atoms.